The van der Waals surface area contributed by atoms with Crippen LogP contribution in [0.15, 0.2) is 24.3 Å². The number of primary amides is 1. The van der Waals surface area contributed by atoms with Crippen molar-refractivity contribution in [2.75, 3.05) is 6.54 Å². The molecule has 1 aromatic rings. The number of carboxylic acid groups (broad SMARTS) is 1. The van der Waals surface area contributed by atoms with Crippen molar-refractivity contribution in [3.8, 4) is 5.75 Å². The fourth-order valence-electron chi connectivity index (χ4n) is 3.58. The minimum Gasteiger partial charge on any atom is -0.508 e. The summed E-state index contributed by atoms with van der Waals surface area (Å²) in [6.45, 7) is 2.57. The van der Waals surface area contributed by atoms with E-state index in [4.69, 9.17) is 11.5 Å². The van der Waals surface area contributed by atoms with Gasteiger partial charge in [-0.2, -0.15) is 0 Å². The van der Waals surface area contributed by atoms with Gasteiger partial charge in [0.25, 0.3) is 0 Å². The number of nitrogens with one attached hydrogen (secondary N) is 4. The van der Waals surface area contributed by atoms with Crippen LogP contribution < -0.4 is 32.7 Å². The molecule has 0 saturated heterocycles. The number of aliphatic hydroxyl groups is 2. The van der Waals surface area contributed by atoms with Crippen molar-refractivity contribution >= 4 is 35.5 Å². The van der Waals surface area contributed by atoms with E-state index in [1.165, 1.54) is 31.2 Å². The smallest absolute Gasteiger partial charge is 0.328 e. The highest BCUT2D eigenvalue weighted by Gasteiger charge is 2.34. The Balaban J connectivity index is 3.22. The Bertz CT molecular complexity index is 1080. The van der Waals surface area contributed by atoms with Crippen LogP contribution in [0.5, 0.6) is 5.75 Å². The predicted octanol–water partition coefficient (Wildman–Crippen LogP) is -3.67. The molecule has 0 aromatic heterocycles. The second-order valence-electron chi connectivity index (χ2n) is 9.41. The van der Waals surface area contributed by atoms with Crippen LogP contribution in [0, 0.1) is 0 Å². The number of hydrogen-bond donors (Lipinski definition) is 10. The van der Waals surface area contributed by atoms with E-state index in [2.05, 4.69) is 21.3 Å². The molecule has 0 unspecified atom stereocenters. The topological polar surface area (TPSA) is 284 Å². The Morgan fingerprint density at radius 3 is 1.83 bits per heavy atom. The highest BCUT2D eigenvalue weighted by atomic mass is 16.4. The van der Waals surface area contributed by atoms with Crippen LogP contribution >= 0.6 is 0 Å². The molecule has 0 spiro atoms. The van der Waals surface area contributed by atoms with Crippen molar-refractivity contribution in [2.45, 2.75) is 75.9 Å². The summed E-state index contributed by atoms with van der Waals surface area (Å²) in [4.78, 5) is 74.4. The van der Waals surface area contributed by atoms with Crippen LogP contribution in [0.25, 0.3) is 0 Å². The predicted molar refractivity (Wildman–Crippen MR) is 143 cm³/mol. The third-order valence-electron chi connectivity index (χ3n) is 5.78. The third kappa shape index (κ3) is 12.2. The van der Waals surface area contributed by atoms with E-state index in [-0.39, 0.29) is 25.1 Å². The lowest BCUT2D eigenvalue weighted by Crippen LogP contribution is -2.60. The van der Waals surface area contributed by atoms with E-state index in [0.29, 0.717) is 12.0 Å². The van der Waals surface area contributed by atoms with Gasteiger partial charge < -0.3 is 53.2 Å². The molecular weight excluding hydrogens is 544 g/mol. The van der Waals surface area contributed by atoms with Gasteiger partial charge in [0.2, 0.25) is 29.5 Å². The Kier molecular flexibility index (Phi) is 14.2. The number of carbonyl (C=O) groups excluding carboxylic acids is 5. The zero-order valence-corrected chi connectivity index (χ0v) is 22.7. The average Bonchev–Trinajstić information content (AvgIpc) is 2.88. The van der Waals surface area contributed by atoms with Crippen molar-refractivity contribution in [3.05, 3.63) is 29.8 Å². The van der Waals surface area contributed by atoms with Crippen LogP contribution in [-0.4, -0.2) is 98.9 Å². The van der Waals surface area contributed by atoms with E-state index >= 15 is 0 Å². The molecule has 0 fully saturated rings. The number of hydrogen-bond acceptors (Lipinski definition) is 10. The molecule has 1 aromatic carbocycles. The molecule has 0 aliphatic heterocycles. The summed E-state index contributed by atoms with van der Waals surface area (Å²) >= 11 is 0. The molecule has 0 bridgehead atoms. The molecule has 12 N–H and O–H groups in total. The first kappa shape index (κ1) is 34.7. The first-order valence-corrected chi connectivity index (χ1v) is 12.7. The minimum absolute atomic E-state index is 0.0317. The SMILES string of the molecule is C[C@@H](O)[C@H](NC(=O)[C@H](Cc1ccc(O)cc1)NC(=O)[C@H](CC(N)=O)NC(=O)[C@@H](NC(=O)CCCN)[C@@H](C)O)C(=O)O. The van der Waals surface area contributed by atoms with Crippen LogP contribution in [0.1, 0.15) is 38.7 Å². The largest absolute Gasteiger partial charge is 0.508 e. The molecule has 0 radical (unpaired) electrons. The first-order chi connectivity index (χ1) is 19.2. The first-order valence-electron chi connectivity index (χ1n) is 12.7. The summed E-state index contributed by atoms with van der Waals surface area (Å²) in [5.41, 5.74) is 11.0. The summed E-state index contributed by atoms with van der Waals surface area (Å²) < 4.78 is 0. The van der Waals surface area contributed by atoms with Gasteiger partial charge in [-0.15, -0.1) is 0 Å². The number of benzene rings is 1. The van der Waals surface area contributed by atoms with Gasteiger partial charge in [0.15, 0.2) is 6.04 Å². The molecule has 1 rings (SSSR count). The van der Waals surface area contributed by atoms with Crippen LogP contribution in [0.3, 0.4) is 0 Å². The van der Waals surface area contributed by atoms with Crippen LogP contribution in [0.2, 0.25) is 0 Å². The number of carboxylic acids is 1. The van der Waals surface area contributed by atoms with Gasteiger partial charge in [0, 0.05) is 12.8 Å². The lowest BCUT2D eigenvalue weighted by molar-refractivity contribution is -0.145. The van der Waals surface area contributed by atoms with E-state index in [0.717, 1.165) is 6.92 Å². The summed E-state index contributed by atoms with van der Waals surface area (Å²) in [5.74, 6) is -6.33. The zero-order chi connectivity index (χ0) is 31.3. The Morgan fingerprint density at radius 1 is 0.805 bits per heavy atom. The second kappa shape index (κ2) is 16.7. The highest BCUT2D eigenvalue weighted by molar-refractivity contribution is 5.97. The van der Waals surface area contributed by atoms with Crippen LogP contribution in [0.4, 0.5) is 0 Å². The number of aliphatic carboxylic acids is 1. The maximum absolute atomic E-state index is 13.2. The monoisotopic (exact) mass is 582 g/mol. The normalized spacial score (nSPS) is 15.2. The molecule has 6 atom stereocenters. The van der Waals surface area contributed by atoms with E-state index in [1.807, 2.05) is 0 Å². The highest BCUT2D eigenvalue weighted by Crippen LogP contribution is 2.12. The van der Waals surface area contributed by atoms with Gasteiger partial charge in [-0.1, -0.05) is 12.1 Å². The number of aromatic hydroxyl groups is 1. The zero-order valence-electron chi connectivity index (χ0n) is 22.7. The third-order valence-corrected chi connectivity index (χ3v) is 5.78. The maximum atomic E-state index is 13.2. The number of rotatable bonds is 17. The van der Waals surface area contributed by atoms with Crippen molar-refractivity contribution < 1.29 is 49.2 Å². The number of nitrogens with two attached hydrogens (primary N) is 2. The standard InChI is InChI=1S/C25H38N6O10/c1-12(32)20(30-19(36)4-3-9-26)24(39)29-17(11-18(27)35)22(37)28-16(10-14-5-7-15(34)8-6-14)23(38)31-21(13(2)33)25(40)41/h5-8,12-13,16-17,20-21,32-34H,3-4,9-11,26H2,1-2H3,(H2,27,35)(H,28,37)(H,29,39)(H,30,36)(H,31,38)(H,40,41)/t12-,13-,16+,17+,20+,21+/m1/s1. The van der Waals surface area contributed by atoms with Gasteiger partial charge in [-0.3, -0.25) is 24.0 Å². The number of carbonyl (C=O) groups is 6. The molecular formula is C25H38N6O10. The molecule has 16 heteroatoms. The van der Waals surface area contributed by atoms with Gasteiger partial charge in [0.1, 0.15) is 23.9 Å². The van der Waals surface area contributed by atoms with Gasteiger partial charge in [-0.25, -0.2) is 4.79 Å². The summed E-state index contributed by atoms with van der Waals surface area (Å²) in [5, 5.41) is 47.6. The Hall–Kier alpha value is -4.28. The fourth-order valence-corrected chi connectivity index (χ4v) is 3.58. The average molecular weight is 583 g/mol. The lowest BCUT2D eigenvalue weighted by Gasteiger charge is -2.27. The molecule has 0 aliphatic carbocycles. The van der Waals surface area contributed by atoms with Gasteiger partial charge >= 0.3 is 5.97 Å². The Labute approximate surface area is 235 Å². The maximum Gasteiger partial charge on any atom is 0.328 e. The number of amides is 5. The van der Waals surface area contributed by atoms with Crippen molar-refractivity contribution in [2.24, 2.45) is 11.5 Å². The van der Waals surface area contributed by atoms with Gasteiger partial charge in [0.05, 0.1) is 18.6 Å². The molecule has 0 aliphatic rings. The molecule has 41 heavy (non-hydrogen) atoms. The fraction of sp³-hybridized carbons (Fsp3) is 0.520. The number of aliphatic hydroxyl groups excluding tert-OH is 2. The van der Waals surface area contributed by atoms with Crippen molar-refractivity contribution in [1.29, 1.82) is 0 Å². The minimum atomic E-state index is -1.72. The quantitative estimate of drug-likeness (QED) is 0.0854. The van der Waals surface area contributed by atoms with E-state index < -0.39 is 78.3 Å². The molecule has 16 nitrogen and oxygen atoms in total. The van der Waals surface area contributed by atoms with Crippen LogP contribution in [-0.2, 0) is 35.2 Å². The van der Waals surface area contributed by atoms with E-state index in [1.54, 1.807) is 0 Å². The van der Waals surface area contributed by atoms with E-state index in [9.17, 15) is 49.2 Å². The summed E-state index contributed by atoms with van der Waals surface area (Å²) in [6.07, 6.45) is -3.58. The molecule has 5 amide bonds. The number of phenols is 1. The summed E-state index contributed by atoms with van der Waals surface area (Å²) in [6, 6.07) is -0.873. The Morgan fingerprint density at radius 2 is 1.34 bits per heavy atom. The molecule has 0 saturated carbocycles. The molecule has 0 heterocycles. The molecule has 228 valence electrons. The van der Waals surface area contributed by atoms with Crippen molar-refractivity contribution in [3.63, 3.8) is 0 Å². The number of phenolic OH excluding ortho intramolecular Hbond substituents is 1. The van der Waals surface area contributed by atoms with Gasteiger partial charge in [-0.05, 0) is 44.5 Å². The lowest BCUT2D eigenvalue weighted by atomic mass is 10.0. The summed E-state index contributed by atoms with van der Waals surface area (Å²) in [7, 11) is 0. The second-order valence-corrected chi connectivity index (χ2v) is 9.41. The van der Waals surface area contributed by atoms with Crippen molar-refractivity contribution in [1.82, 2.24) is 21.3 Å².